The summed E-state index contributed by atoms with van der Waals surface area (Å²) in [5.41, 5.74) is 1.23. The monoisotopic (exact) mass is 367 g/mol. The molecule has 6 atom stereocenters. The Bertz CT molecular complexity index is 546. The number of rotatable bonds is 3. The molecule has 3 heteroatoms. The van der Waals surface area contributed by atoms with Gasteiger partial charge in [0.05, 0.1) is 0 Å². The van der Waals surface area contributed by atoms with E-state index in [0.29, 0.717) is 12.1 Å². The third kappa shape index (κ3) is 2.48. The van der Waals surface area contributed by atoms with Gasteiger partial charge in [-0.15, -0.1) is 0 Å². The average molecular weight is 369 g/mol. The van der Waals surface area contributed by atoms with Gasteiger partial charge in [0.25, 0.3) is 0 Å². The summed E-state index contributed by atoms with van der Waals surface area (Å²) < 4.78 is 1.05. The molecule has 0 saturated heterocycles. The van der Waals surface area contributed by atoms with Gasteiger partial charge in [0.2, 0.25) is 0 Å². The summed E-state index contributed by atoms with van der Waals surface area (Å²) in [4.78, 5) is 0. The van der Waals surface area contributed by atoms with Gasteiger partial charge in [-0.3, -0.25) is 0 Å². The summed E-state index contributed by atoms with van der Waals surface area (Å²) in [6.45, 7) is 2.26. The van der Waals surface area contributed by atoms with Crippen molar-refractivity contribution in [1.82, 2.24) is 5.32 Å². The molecule has 1 N–H and O–H groups in total. The summed E-state index contributed by atoms with van der Waals surface area (Å²) in [5.74, 6) is 4.03. The highest BCUT2D eigenvalue weighted by Crippen LogP contribution is 2.58. The zero-order chi connectivity index (χ0) is 14.6. The summed E-state index contributed by atoms with van der Waals surface area (Å²) in [6.07, 6.45) is 7.34. The van der Waals surface area contributed by atoms with Crippen LogP contribution in [0.4, 0.5) is 0 Å². The minimum Gasteiger partial charge on any atom is -0.307 e. The van der Waals surface area contributed by atoms with Crippen molar-refractivity contribution in [2.75, 3.05) is 0 Å². The molecular formula is C18H23BrClN. The summed E-state index contributed by atoms with van der Waals surface area (Å²) in [5, 5.41) is 4.77. The van der Waals surface area contributed by atoms with Gasteiger partial charge in [-0.05, 0) is 74.0 Å². The first-order valence-electron chi connectivity index (χ1n) is 8.34. The Balaban J connectivity index is 1.47. The van der Waals surface area contributed by atoms with E-state index < -0.39 is 0 Å². The normalized spacial score (nSPS) is 38.7. The molecule has 3 aliphatic carbocycles. The highest BCUT2D eigenvalue weighted by molar-refractivity contribution is 9.10. The minimum absolute atomic E-state index is 0.342. The van der Waals surface area contributed by atoms with Gasteiger partial charge in [-0.2, -0.15) is 0 Å². The van der Waals surface area contributed by atoms with Crippen LogP contribution in [0.1, 0.15) is 50.6 Å². The zero-order valence-electron chi connectivity index (χ0n) is 12.5. The third-order valence-electron chi connectivity index (χ3n) is 6.32. The topological polar surface area (TPSA) is 12.0 Å². The van der Waals surface area contributed by atoms with Crippen LogP contribution >= 0.6 is 27.5 Å². The molecule has 114 valence electrons. The number of fused-ring (bicyclic) bond motifs is 5. The van der Waals surface area contributed by atoms with Crippen LogP contribution in [0.25, 0.3) is 0 Å². The lowest BCUT2D eigenvalue weighted by atomic mass is 9.79. The van der Waals surface area contributed by atoms with E-state index in [-0.39, 0.29) is 0 Å². The van der Waals surface area contributed by atoms with Crippen LogP contribution in [0, 0.1) is 23.7 Å². The van der Waals surface area contributed by atoms with Crippen LogP contribution in [-0.4, -0.2) is 6.04 Å². The summed E-state index contributed by atoms with van der Waals surface area (Å²) in [6, 6.07) is 7.30. The second-order valence-corrected chi connectivity index (χ2v) is 8.64. The van der Waals surface area contributed by atoms with E-state index in [1.807, 2.05) is 6.07 Å². The van der Waals surface area contributed by atoms with Crippen LogP contribution < -0.4 is 5.32 Å². The summed E-state index contributed by atoms with van der Waals surface area (Å²) >= 11 is 9.89. The SMILES string of the molecule is CC(NC1CC2CC1C1CCCC21)c1ccc(Br)cc1Cl. The molecule has 6 unspecified atom stereocenters. The highest BCUT2D eigenvalue weighted by Gasteiger charge is 2.53. The van der Waals surface area contributed by atoms with Crippen molar-refractivity contribution < 1.29 is 0 Å². The molecule has 0 aliphatic heterocycles. The lowest BCUT2D eigenvalue weighted by Gasteiger charge is -2.34. The third-order valence-corrected chi connectivity index (χ3v) is 7.14. The van der Waals surface area contributed by atoms with E-state index in [4.69, 9.17) is 11.6 Å². The molecule has 3 fully saturated rings. The van der Waals surface area contributed by atoms with Crippen LogP contribution in [0.3, 0.4) is 0 Å². The lowest BCUT2D eigenvalue weighted by molar-refractivity contribution is 0.200. The van der Waals surface area contributed by atoms with Gasteiger partial charge in [-0.1, -0.05) is 40.0 Å². The Kier molecular flexibility index (Phi) is 3.84. The van der Waals surface area contributed by atoms with Crippen molar-refractivity contribution in [3.8, 4) is 0 Å². The molecule has 1 nitrogen and oxygen atoms in total. The molecule has 0 radical (unpaired) electrons. The van der Waals surface area contributed by atoms with E-state index in [1.165, 1.54) is 37.7 Å². The van der Waals surface area contributed by atoms with Crippen LogP contribution in [-0.2, 0) is 0 Å². The van der Waals surface area contributed by atoms with Crippen LogP contribution in [0.15, 0.2) is 22.7 Å². The first-order chi connectivity index (χ1) is 10.1. The molecule has 0 aromatic heterocycles. The first kappa shape index (κ1) is 14.5. The van der Waals surface area contributed by atoms with Gasteiger partial charge in [0.1, 0.15) is 0 Å². The predicted octanol–water partition coefficient (Wildman–Crippen LogP) is 5.58. The van der Waals surface area contributed by atoms with Crippen molar-refractivity contribution in [2.24, 2.45) is 23.7 Å². The molecule has 3 saturated carbocycles. The molecule has 1 aromatic rings. The number of hydrogen-bond donors (Lipinski definition) is 1. The Labute approximate surface area is 141 Å². The average Bonchev–Trinajstić information content (AvgIpc) is 3.09. The molecule has 4 rings (SSSR count). The van der Waals surface area contributed by atoms with Gasteiger partial charge in [0, 0.05) is 21.6 Å². The maximum Gasteiger partial charge on any atom is 0.0464 e. The number of benzene rings is 1. The quantitative estimate of drug-likeness (QED) is 0.734. The van der Waals surface area contributed by atoms with E-state index in [2.05, 4.69) is 40.3 Å². The smallest absolute Gasteiger partial charge is 0.0464 e. The second-order valence-electron chi connectivity index (χ2n) is 7.31. The molecule has 2 bridgehead atoms. The molecule has 21 heavy (non-hydrogen) atoms. The first-order valence-corrected chi connectivity index (χ1v) is 9.51. The van der Waals surface area contributed by atoms with Gasteiger partial charge >= 0.3 is 0 Å². The van der Waals surface area contributed by atoms with E-state index in [9.17, 15) is 0 Å². The Hall–Kier alpha value is -0.0500. The Morgan fingerprint density at radius 1 is 1.19 bits per heavy atom. The highest BCUT2D eigenvalue weighted by atomic mass is 79.9. The molecule has 1 aromatic carbocycles. The van der Waals surface area contributed by atoms with Gasteiger partial charge in [0.15, 0.2) is 0 Å². The standard InChI is InChI=1S/C18H23BrClN/c1-10(13-6-5-12(19)9-17(13)20)21-18-8-11-7-16(18)15-4-2-3-14(11)15/h5-6,9-11,14-16,18,21H,2-4,7-8H2,1H3. The molecule has 0 spiro atoms. The number of hydrogen-bond acceptors (Lipinski definition) is 1. The molecule has 0 amide bonds. The fourth-order valence-electron chi connectivity index (χ4n) is 5.52. The van der Waals surface area contributed by atoms with E-state index in [1.54, 1.807) is 0 Å². The van der Waals surface area contributed by atoms with Gasteiger partial charge in [-0.25, -0.2) is 0 Å². The predicted molar refractivity (Wildman–Crippen MR) is 91.5 cm³/mol. The molecule has 0 heterocycles. The fourth-order valence-corrected chi connectivity index (χ4v) is 6.36. The van der Waals surface area contributed by atoms with Crippen molar-refractivity contribution in [3.63, 3.8) is 0 Å². The molecule has 3 aliphatic rings. The number of halogens is 2. The van der Waals surface area contributed by atoms with Crippen LogP contribution in [0.2, 0.25) is 5.02 Å². The zero-order valence-corrected chi connectivity index (χ0v) is 14.8. The fraction of sp³-hybridized carbons (Fsp3) is 0.667. The maximum atomic E-state index is 6.41. The largest absolute Gasteiger partial charge is 0.307 e. The maximum absolute atomic E-state index is 6.41. The van der Waals surface area contributed by atoms with Crippen molar-refractivity contribution in [1.29, 1.82) is 0 Å². The van der Waals surface area contributed by atoms with Crippen LogP contribution in [0.5, 0.6) is 0 Å². The Morgan fingerprint density at radius 2 is 2.00 bits per heavy atom. The summed E-state index contributed by atoms with van der Waals surface area (Å²) in [7, 11) is 0. The number of nitrogens with one attached hydrogen (secondary N) is 1. The van der Waals surface area contributed by atoms with Crippen molar-refractivity contribution in [3.05, 3.63) is 33.3 Å². The van der Waals surface area contributed by atoms with Crippen molar-refractivity contribution in [2.45, 2.75) is 51.1 Å². The van der Waals surface area contributed by atoms with E-state index in [0.717, 1.165) is 33.2 Å². The van der Waals surface area contributed by atoms with Gasteiger partial charge < -0.3 is 5.32 Å². The van der Waals surface area contributed by atoms with Crippen molar-refractivity contribution >= 4 is 27.5 Å². The lowest BCUT2D eigenvalue weighted by Crippen LogP contribution is -2.40. The minimum atomic E-state index is 0.342. The van der Waals surface area contributed by atoms with E-state index >= 15 is 0 Å². The molecular weight excluding hydrogens is 346 g/mol. The second kappa shape index (κ2) is 5.54. The Morgan fingerprint density at radius 3 is 2.81 bits per heavy atom.